The average Bonchev–Trinajstić information content (AvgIpc) is 2.40. The molecule has 2 aromatic rings. The van der Waals surface area contributed by atoms with E-state index in [1.54, 1.807) is 0 Å². The van der Waals surface area contributed by atoms with Gasteiger partial charge in [0.15, 0.2) is 0 Å². The minimum absolute atomic E-state index is 0.0478. The van der Waals surface area contributed by atoms with E-state index in [0.717, 1.165) is 0 Å². The van der Waals surface area contributed by atoms with Crippen LogP contribution in [0.4, 0.5) is 17.6 Å². The smallest absolute Gasteiger partial charge is 0.417 e. The average molecular weight is 321 g/mol. The molecule has 0 fully saturated rings. The van der Waals surface area contributed by atoms with Gasteiger partial charge in [0.05, 0.1) is 5.56 Å². The Morgan fingerprint density at radius 2 is 2.00 bits per heavy atom. The van der Waals surface area contributed by atoms with E-state index in [0.29, 0.717) is 12.3 Å². The van der Waals surface area contributed by atoms with Crippen LogP contribution in [-0.4, -0.2) is 4.98 Å². The summed E-state index contributed by atoms with van der Waals surface area (Å²) in [6, 6.07) is 4.67. The van der Waals surface area contributed by atoms with Crippen LogP contribution in [0.15, 0.2) is 30.5 Å². The quantitative estimate of drug-likeness (QED) is 0.864. The number of nitrogens with two attached hydrogens (primary N) is 1. The lowest BCUT2D eigenvalue weighted by Gasteiger charge is -2.12. The highest BCUT2D eigenvalue weighted by molar-refractivity contribution is 6.31. The molecular weight excluding hydrogens is 312 g/mol. The summed E-state index contributed by atoms with van der Waals surface area (Å²) in [5.41, 5.74) is 4.48. The third-order valence-electron chi connectivity index (χ3n) is 2.62. The molecule has 0 atom stereocenters. The molecule has 0 saturated carbocycles. The maximum Gasteiger partial charge on any atom is 0.417 e. The van der Waals surface area contributed by atoms with E-state index in [9.17, 15) is 17.6 Å². The monoisotopic (exact) mass is 320 g/mol. The molecular formula is C13H9ClF4N2O. The Kier molecular flexibility index (Phi) is 4.34. The van der Waals surface area contributed by atoms with Gasteiger partial charge in [-0.05, 0) is 18.2 Å². The summed E-state index contributed by atoms with van der Waals surface area (Å²) in [6.45, 7) is -0.139. The first-order valence-corrected chi connectivity index (χ1v) is 6.08. The van der Waals surface area contributed by atoms with Gasteiger partial charge in [-0.3, -0.25) is 0 Å². The van der Waals surface area contributed by atoms with Crippen LogP contribution in [0, 0.1) is 5.82 Å². The van der Waals surface area contributed by atoms with Gasteiger partial charge < -0.3 is 10.5 Å². The van der Waals surface area contributed by atoms with E-state index >= 15 is 0 Å². The van der Waals surface area contributed by atoms with E-state index < -0.39 is 17.6 Å². The highest BCUT2D eigenvalue weighted by atomic mass is 35.5. The molecule has 0 aliphatic heterocycles. The molecule has 0 amide bonds. The van der Waals surface area contributed by atoms with Crippen molar-refractivity contribution in [2.45, 2.75) is 12.7 Å². The number of pyridine rings is 1. The second kappa shape index (κ2) is 5.87. The van der Waals surface area contributed by atoms with Crippen LogP contribution in [0.25, 0.3) is 0 Å². The second-order valence-electron chi connectivity index (χ2n) is 4.03. The zero-order valence-corrected chi connectivity index (χ0v) is 11.2. The van der Waals surface area contributed by atoms with E-state index in [1.165, 1.54) is 18.2 Å². The fourth-order valence-electron chi connectivity index (χ4n) is 1.59. The Balaban J connectivity index is 2.35. The van der Waals surface area contributed by atoms with Gasteiger partial charge in [0.2, 0.25) is 5.88 Å². The fraction of sp³-hybridized carbons (Fsp3) is 0.154. The Labute approximate surface area is 122 Å². The SMILES string of the molecule is NCc1c(F)cccc1Oc1ncc(C(F)(F)F)cc1Cl. The minimum atomic E-state index is -4.56. The number of halogens is 5. The van der Waals surface area contributed by atoms with Crippen LogP contribution in [0.1, 0.15) is 11.1 Å². The molecule has 0 aliphatic rings. The maximum absolute atomic E-state index is 13.5. The third-order valence-corrected chi connectivity index (χ3v) is 2.89. The largest absolute Gasteiger partial charge is 0.437 e. The molecule has 0 aliphatic carbocycles. The Hall–Kier alpha value is -1.86. The van der Waals surface area contributed by atoms with E-state index in [-0.39, 0.29) is 28.8 Å². The number of hydrogen-bond acceptors (Lipinski definition) is 3. The maximum atomic E-state index is 13.5. The molecule has 8 heteroatoms. The summed E-state index contributed by atoms with van der Waals surface area (Å²) in [4.78, 5) is 3.51. The number of rotatable bonds is 3. The molecule has 1 aromatic carbocycles. The molecule has 2 N–H and O–H groups in total. The van der Waals surface area contributed by atoms with Crippen molar-refractivity contribution in [3.63, 3.8) is 0 Å². The Bertz CT molecular complexity index is 661. The third kappa shape index (κ3) is 3.43. The molecule has 3 nitrogen and oxygen atoms in total. The number of benzene rings is 1. The molecule has 2 rings (SSSR count). The van der Waals surface area contributed by atoms with Crippen LogP contribution in [0.2, 0.25) is 5.02 Å². The van der Waals surface area contributed by atoms with Gasteiger partial charge in [0, 0.05) is 18.3 Å². The van der Waals surface area contributed by atoms with Crippen LogP contribution in [-0.2, 0) is 12.7 Å². The Morgan fingerprint density at radius 1 is 1.29 bits per heavy atom. The molecule has 112 valence electrons. The lowest BCUT2D eigenvalue weighted by molar-refractivity contribution is -0.137. The van der Waals surface area contributed by atoms with Crippen LogP contribution in [0.5, 0.6) is 11.6 Å². The van der Waals surface area contributed by atoms with Crippen molar-refractivity contribution in [2.75, 3.05) is 0 Å². The minimum Gasteiger partial charge on any atom is -0.437 e. The number of aromatic nitrogens is 1. The van der Waals surface area contributed by atoms with Gasteiger partial charge in [0.1, 0.15) is 16.6 Å². The number of nitrogens with zero attached hydrogens (tertiary/aromatic N) is 1. The highest BCUT2D eigenvalue weighted by Crippen LogP contribution is 2.35. The highest BCUT2D eigenvalue weighted by Gasteiger charge is 2.31. The summed E-state index contributed by atoms with van der Waals surface area (Å²) in [7, 11) is 0. The van der Waals surface area contributed by atoms with Crippen molar-refractivity contribution in [1.82, 2.24) is 4.98 Å². The predicted molar refractivity (Wildman–Crippen MR) is 68.6 cm³/mol. The molecule has 0 unspecified atom stereocenters. The first-order chi connectivity index (χ1) is 9.82. The zero-order valence-electron chi connectivity index (χ0n) is 10.4. The zero-order chi connectivity index (χ0) is 15.6. The lowest BCUT2D eigenvalue weighted by Crippen LogP contribution is -2.06. The molecule has 0 spiro atoms. The van der Waals surface area contributed by atoms with E-state index in [4.69, 9.17) is 22.1 Å². The fourth-order valence-corrected chi connectivity index (χ4v) is 1.80. The number of ether oxygens (including phenoxy) is 1. The normalized spacial score (nSPS) is 11.5. The first-order valence-electron chi connectivity index (χ1n) is 5.71. The standard InChI is InChI=1S/C13H9ClF4N2O/c14-9-4-7(13(16,17)18)6-20-12(9)21-11-3-1-2-10(15)8(11)5-19/h1-4,6H,5,19H2. The summed E-state index contributed by atoms with van der Waals surface area (Å²) in [5, 5.41) is -0.336. The van der Waals surface area contributed by atoms with Crippen molar-refractivity contribution < 1.29 is 22.3 Å². The number of hydrogen-bond donors (Lipinski definition) is 1. The van der Waals surface area contributed by atoms with Crippen molar-refractivity contribution in [1.29, 1.82) is 0 Å². The lowest BCUT2D eigenvalue weighted by atomic mass is 10.2. The second-order valence-corrected chi connectivity index (χ2v) is 4.44. The van der Waals surface area contributed by atoms with Crippen molar-refractivity contribution in [3.8, 4) is 11.6 Å². The predicted octanol–water partition coefficient (Wildman–Crippen LogP) is 4.14. The summed E-state index contributed by atoms with van der Waals surface area (Å²) in [6.07, 6.45) is -3.97. The molecule has 0 bridgehead atoms. The molecule has 21 heavy (non-hydrogen) atoms. The van der Waals surface area contributed by atoms with Gasteiger partial charge >= 0.3 is 6.18 Å². The van der Waals surface area contributed by atoms with Gasteiger partial charge in [-0.25, -0.2) is 9.37 Å². The van der Waals surface area contributed by atoms with Crippen molar-refractivity contribution >= 4 is 11.6 Å². The van der Waals surface area contributed by atoms with Crippen LogP contribution >= 0.6 is 11.6 Å². The van der Waals surface area contributed by atoms with Crippen molar-refractivity contribution in [2.24, 2.45) is 5.73 Å². The Morgan fingerprint density at radius 3 is 2.57 bits per heavy atom. The molecule has 0 saturated heterocycles. The topological polar surface area (TPSA) is 48.1 Å². The van der Waals surface area contributed by atoms with E-state index in [1.807, 2.05) is 0 Å². The summed E-state index contributed by atoms with van der Waals surface area (Å²) >= 11 is 5.71. The van der Waals surface area contributed by atoms with Crippen LogP contribution < -0.4 is 10.5 Å². The number of alkyl halides is 3. The summed E-state index contributed by atoms with van der Waals surface area (Å²) in [5.74, 6) is -0.797. The molecule has 0 radical (unpaired) electrons. The first kappa shape index (κ1) is 15.5. The van der Waals surface area contributed by atoms with Gasteiger partial charge in [-0.1, -0.05) is 17.7 Å². The van der Waals surface area contributed by atoms with Gasteiger partial charge in [0.25, 0.3) is 0 Å². The molecule has 1 aromatic heterocycles. The van der Waals surface area contributed by atoms with Crippen molar-refractivity contribution in [3.05, 3.63) is 52.4 Å². The van der Waals surface area contributed by atoms with Crippen LogP contribution in [0.3, 0.4) is 0 Å². The van der Waals surface area contributed by atoms with Gasteiger partial charge in [-0.2, -0.15) is 13.2 Å². The molecule has 1 heterocycles. The summed E-state index contributed by atoms with van der Waals surface area (Å²) < 4.78 is 56.2. The van der Waals surface area contributed by atoms with E-state index in [2.05, 4.69) is 4.98 Å². The van der Waals surface area contributed by atoms with Gasteiger partial charge in [-0.15, -0.1) is 0 Å².